The molecule has 1 aliphatic carbocycles. The van der Waals surface area contributed by atoms with Crippen LogP contribution in [0.5, 0.6) is 0 Å². The van der Waals surface area contributed by atoms with Crippen molar-refractivity contribution >= 4 is 21.8 Å². The molecule has 0 heterocycles. The summed E-state index contributed by atoms with van der Waals surface area (Å²) in [5.74, 6) is 0.0666. The lowest BCUT2D eigenvalue weighted by molar-refractivity contribution is 0.0937. The van der Waals surface area contributed by atoms with Gasteiger partial charge in [-0.25, -0.2) is 0 Å². The molecule has 16 heavy (non-hydrogen) atoms. The summed E-state index contributed by atoms with van der Waals surface area (Å²) < 4.78 is 1.02. The zero-order valence-corrected chi connectivity index (χ0v) is 11.0. The molecule has 2 nitrogen and oxygen atoms in total. The quantitative estimate of drug-likeness (QED) is 0.884. The molecule has 1 aliphatic rings. The van der Waals surface area contributed by atoms with E-state index in [9.17, 15) is 4.79 Å². The molecule has 1 saturated carbocycles. The molecule has 0 bridgehead atoms. The van der Waals surface area contributed by atoms with Crippen molar-refractivity contribution in [3.8, 4) is 0 Å². The summed E-state index contributed by atoms with van der Waals surface area (Å²) in [4.78, 5) is 12.0. The largest absolute Gasteiger partial charge is 0.349 e. The van der Waals surface area contributed by atoms with Crippen LogP contribution in [-0.4, -0.2) is 11.9 Å². The highest BCUT2D eigenvalue weighted by atomic mass is 79.9. The maximum atomic E-state index is 12.0. The van der Waals surface area contributed by atoms with Gasteiger partial charge in [0.15, 0.2) is 0 Å². The maximum absolute atomic E-state index is 12.0. The van der Waals surface area contributed by atoms with Gasteiger partial charge in [0.25, 0.3) is 5.91 Å². The molecule has 0 aliphatic heterocycles. The van der Waals surface area contributed by atoms with Crippen molar-refractivity contribution in [1.82, 2.24) is 5.32 Å². The van der Waals surface area contributed by atoms with Crippen molar-refractivity contribution in [1.29, 1.82) is 0 Å². The Kier molecular flexibility index (Phi) is 3.64. The number of aryl methyl sites for hydroxylation is 1. The Bertz CT molecular complexity index is 397. The Hall–Kier alpha value is -0.830. The molecule has 0 aromatic heterocycles. The second kappa shape index (κ2) is 5.00. The molecule has 0 unspecified atom stereocenters. The Labute approximate surface area is 105 Å². The van der Waals surface area contributed by atoms with E-state index in [-0.39, 0.29) is 5.91 Å². The molecule has 2 rings (SSSR count). The van der Waals surface area contributed by atoms with Gasteiger partial charge in [-0.2, -0.15) is 0 Å². The van der Waals surface area contributed by atoms with Crippen LogP contribution in [0.4, 0.5) is 0 Å². The summed E-state index contributed by atoms with van der Waals surface area (Å²) in [6.07, 6.45) is 4.73. The summed E-state index contributed by atoms with van der Waals surface area (Å²) in [6.45, 7) is 1.97. The van der Waals surface area contributed by atoms with Crippen molar-refractivity contribution in [2.45, 2.75) is 38.6 Å². The first kappa shape index (κ1) is 11.6. The molecule has 1 N–H and O–H groups in total. The van der Waals surface area contributed by atoms with Crippen molar-refractivity contribution in [2.75, 3.05) is 0 Å². The molecule has 1 fully saturated rings. The minimum Gasteiger partial charge on any atom is -0.349 e. The van der Waals surface area contributed by atoms with Crippen molar-refractivity contribution in [3.63, 3.8) is 0 Å². The van der Waals surface area contributed by atoms with E-state index in [1.165, 1.54) is 12.8 Å². The normalized spacial score (nSPS) is 16.4. The van der Waals surface area contributed by atoms with E-state index >= 15 is 0 Å². The molecular weight excluding hydrogens is 266 g/mol. The third-order valence-electron chi connectivity index (χ3n) is 3.12. The number of carbonyl (C=O) groups excluding carboxylic acids is 1. The number of hydrogen-bond acceptors (Lipinski definition) is 1. The summed E-state index contributed by atoms with van der Waals surface area (Å²) in [6, 6.07) is 6.15. The first-order chi connectivity index (χ1) is 7.66. The highest BCUT2D eigenvalue weighted by Crippen LogP contribution is 2.20. The Balaban J connectivity index is 2.08. The third kappa shape index (κ3) is 2.64. The molecule has 1 amide bonds. The molecule has 0 atom stereocenters. The molecule has 0 radical (unpaired) electrons. The van der Waals surface area contributed by atoms with Crippen LogP contribution in [0.1, 0.15) is 41.6 Å². The van der Waals surface area contributed by atoms with E-state index in [4.69, 9.17) is 0 Å². The van der Waals surface area contributed by atoms with Crippen LogP contribution in [0.2, 0.25) is 0 Å². The molecule has 0 spiro atoms. The van der Waals surface area contributed by atoms with Gasteiger partial charge in [-0.3, -0.25) is 4.79 Å². The number of hydrogen-bond donors (Lipinski definition) is 1. The van der Waals surface area contributed by atoms with Gasteiger partial charge in [0.1, 0.15) is 0 Å². The lowest BCUT2D eigenvalue weighted by Gasteiger charge is -2.13. The number of rotatable bonds is 2. The lowest BCUT2D eigenvalue weighted by Crippen LogP contribution is -2.32. The first-order valence-corrected chi connectivity index (χ1v) is 6.53. The van der Waals surface area contributed by atoms with Gasteiger partial charge in [0.05, 0.1) is 0 Å². The molecule has 3 heteroatoms. The number of benzene rings is 1. The lowest BCUT2D eigenvalue weighted by atomic mass is 10.1. The SMILES string of the molecule is Cc1cc(Br)ccc1C(=O)NC1CCCC1. The second-order valence-electron chi connectivity index (χ2n) is 4.41. The predicted molar refractivity (Wildman–Crippen MR) is 68.6 cm³/mol. The van der Waals surface area contributed by atoms with Crippen molar-refractivity contribution in [3.05, 3.63) is 33.8 Å². The van der Waals surface area contributed by atoms with E-state index in [0.717, 1.165) is 28.4 Å². The van der Waals surface area contributed by atoms with E-state index in [1.807, 2.05) is 25.1 Å². The zero-order valence-electron chi connectivity index (χ0n) is 9.42. The third-order valence-corrected chi connectivity index (χ3v) is 3.62. The topological polar surface area (TPSA) is 29.1 Å². The average molecular weight is 282 g/mol. The van der Waals surface area contributed by atoms with Crippen LogP contribution >= 0.6 is 15.9 Å². The predicted octanol–water partition coefficient (Wildman–Crippen LogP) is 3.43. The van der Waals surface area contributed by atoms with E-state index in [2.05, 4.69) is 21.2 Å². The fraction of sp³-hybridized carbons (Fsp3) is 0.462. The average Bonchev–Trinajstić information content (AvgIpc) is 2.70. The summed E-state index contributed by atoms with van der Waals surface area (Å²) in [5.41, 5.74) is 1.81. The van der Waals surface area contributed by atoms with Gasteiger partial charge in [-0.1, -0.05) is 28.8 Å². The van der Waals surface area contributed by atoms with Gasteiger partial charge >= 0.3 is 0 Å². The standard InChI is InChI=1S/C13H16BrNO/c1-9-8-10(14)6-7-12(9)13(16)15-11-4-2-3-5-11/h6-8,11H,2-5H2,1H3,(H,15,16). The van der Waals surface area contributed by atoms with Gasteiger partial charge in [0.2, 0.25) is 0 Å². The van der Waals surface area contributed by atoms with Crippen molar-refractivity contribution in [2.24, 2.45) is 0 Å². The van der Waals surface area contributed by atoms with E-state index < -0.39 is 0 Å². The maximum Gasteiger partial charge on any atom is 0.251 e. The Morgan fingerprint density at radius 2 is 2.06 bits per heavy atom. The van der Waals surface area contributed by atoms with Crippen LogP contribution in [0, 0.1) is 6.92 Å². The molecule has 86 valence electrons. The van der Waals surface area contributed by atoms with Crippen LogP contribution in [0.25, 0.3) is 0 Å². The van der Waals surface area contributed by atoms with Crippen molar-refractivity contribution < 1.29 is 4.79 Å². The second-order valence-corrected chi connectivity index (χ2v) is 5.33. The summed E-state index contributed by atoms with van der Waals surface area (Å²) >= 11 is 3.40. The van der Waals surface area contributed by atoms with Crippen LogP contribution in [-0.2, 0) is 0 Å². The van der Waals surface area contributed by atoms with Gasteiger partial charge in [0, 0.05) is 16.1 Å². The smallest absolute Gasteiger partial charge is 0.251 e. The minimum atomic E-state index is 0.0666. The number of halogens is 1. The fourth-order valence-electron chi connectivity index (χ4n) is 2.22. The first-order valence-electron chi connectivity index (χ1n) is 5.74. The molecule has 1 aromatic rings. The number of amides is 1. The monoisotopic (exact) mass is 281 g/mol. The Morgan fingerprint density at radius 3 is 2.69 bits per heavy atom. The van der Waals surface area contributed by atoms with Crippen LogP contribution in [0.15, 0.2) is 22.7 Å². The minimum absolute atomic E-state index is 0.0666. The van der Waals surface area contributed by atoms with Crippen LogP contribution < -0.4 is 5.32 Å². The van der Waals surface area contributed by atoms with Gasteiger partial charge in [-0.15, -0.1) is 0 Å². The van der Waals surface area contributed by atoms with E-state index in [0.29, 0.717) is 6.04 Å². The highest BCUT2D eigenvalue weighted by Gasteiger charge is 2.18. The van der Waals surface area contributed by atoms with E-state index in [1.54, 1.807) is 0 Å². The fourth-order valence-corrected chi connectivity index (χ4v) is 2.69. The number of carbonyl (C=O) groups is 1. The van der Waals surface area contributed by atoms with Gasteiger partial charge in [-0.05, 0) is 43.5 Å². The summed E-state index contributed by atoms with van der Waals surface area (Å²) in [5, 5.41) is 3.10. The number of nitrogens with one attached hydrogen (secondary N) is 1. The van der Waals surface area contributed by atoms with Gasteiger partial charge < -0.3 is 5.32 Å². The zero-order chi connectivity index (χ0) is 11.5. The molecular formula is C13H16BrNO. The highest BCUT2D eigenvalue weighted by molar-refractivity contribution is 9.10. The Morgan fingerprint density at radius 1 is 1.38 bits per heavy atom. The molecule has 0 saturated heterocycles. The van der Waals surface area contributed by atoms with Crippen LogP contribution in [0.3, 0.4) is 0 Å². The molecule has 1 aromatic carbocycles. The summed E-state index contributed by atoms with van der Waals surface area (Å²) in [7, 11) is 0.